The Kier molecular flexibility index (Phi) is 5.00. The topological polar surface area (TPSA) is 69.0 Å². The van der Waals surface area contributed by atoms with E-state index >= 15 is 0 Å². The molecule has 2 aromatic heterocycles. The molecule has 0 aliphatic rings. The minimum Gasteiger partial charge on any atom is -0.481 e. The second-order valence-corrected chi connectivity index (χ2v) is 5.95. The first-order valence-corrected chi connectivity index (χ1v) is 8.10. The summed E-state index contributed by atoms with van der Waals surface area (Å²) in [5.74, 6) is 1.03. The van der Waals surface area contributed by atoms with Crippen LogP contribution in [0.3, 0.4) is 0 Å². The van der Waals surface area contributed by atoms with Crippen molar-refractivity contribution in [3.8, 4) is 11.6 Å². The van der Waals surface area contributed by atoms with Crippen molar-refractivity contribution in [3.63, 3.8) is 0 Å². The monoisotopic (exact) mass is 356 g/mol. The van der Waals surface area contributed by atoms with Crippen LogP contribution in [0.2, 0.25) is 5.02 Å². The molecule has 1 aromatic carbocycles. The number of halogens is 1. The van der Waals surface area contributed by atoms with E-state index in [1.807, 2.05) is 13.0 Å². The molecule has 0 saturated carbocycles. The largest absolute Gasteiger partial charge is 0.481 e. The van der Waals surface area contributed by atoms with E-state index in [9.17, 15) is 4.79 Å². The van der Waals surface area contributed by atoms with Crippen molar-refractivity contribution < 1.29 is 9.53 Å². The first kappa shape index (κ1) is 17.0. The van der Waals surface area contributed by atoms with Crippen LogP contribution in [0.15, 0.2) is 55.0 Å². The van der Waals surface area contributed by atoms with Gasteiger partial charge in [-0.25, -0.2) is 9.67 Å². The van der Waals surface area contributed by atoms with Crippen molar-refractivity contribution in [2.45, 2.75) is 20.0 Å². The van der Waals surface area contributed by atoms with Crippen molar-refractivity contribution in [1.29, 1.82) is 0 Å². The molecular formula is C18H17ClN4O2. The highest BCUT2D eigenvalue weighted by Gasteiger charge is 2.16. The van der Waals surface area contributed by atoms with Gasteiger partial charge in [0.1, 0.15) is 5.75 Å². The third-order valence-electron chi connectivity index (χ3n) is 3.56. The van der Waals surface area contributed by atoms with Gasteiger partial charge >= 0.3 is 0 Å². The Morgan fingerprint density at radius 2 is 2.16 bits per heavy atom. The summed E-state index contributed by atoms with van der Waals surface area (Å²) in [5.41, 5.74) is 1.46. The molecule has 0 spiro atoms. The van der Waals surface area contributed by atoms with Gasteiger partial charge in [0.2, 0.25) is 0 Å². The maximum absolute atomic E-state index is 12.3. The molecule has 0 fully saturated rings. The van der Waals surface area contributed by atoms with Gasteiger partial charge in [-0.2, -0.15) is 5.10 Å². The van der Waals surface area contributed by atoms with Crippen molar-refractivity contribution in [2.75, 3.05) is 5.32 Å². The number of aryl methyl sites for hydroxylation is 1. The number of carbonyl (C=O) groups excluding carboxylic acids is 1. The maximum atomic E-state index is 12.3. The number of pyridine rings is 1. The number of benzene rings is 1. The number of hydrogen-bond acceptors (Lipinski definition) is 4. The molecule has 3 rings (SSSR count). The van der Waals surface area contributed by atoms with E-state index < -0.39 is 6.10 Å². The standard InChI is InChI=1S/C18H17ClN4O2/c1-12-10-14(19)4-6-16(12)25-13(2)18(24)22-15-5-7-17(20-11-15)23-9-3-8-21-23/h3-11,13H,1-2H3,(H,22,24). The fourth-order valence-electron chi connectivity index (χ4n) is 2.23. The molecule has 128 valence electrons. The van der Waals surface area contributed by atoms with E-state index in [1.54, 1.807) is 60.5 Å². The van der Waals surface area contributed by atoms with Gasteiger partial charge in [-0.05, 0) is 55.8 Å². The minimum absolute atomic E-state index is 0.261. The van der Waals surface area contributed by atoms with Crippen LogP contribution >= 0.6 is 11.6 Å². The van der Waals surface area contributed by atoms with Crippen LogP contribution in [0.25, 0.3) is 5.82 Å². The summed E-state index contributed by atoms with van der Waals surface area (Å²) in [6.07, 6.45) is 4.39. The second kappa shape index (κ2) is 7.36. The van der Waals surface area contributed by atoms with Crippen LogP contribution in [-0.4, -0.2) is 26.8 Å². The molecule has 1 atom stereocenters. The number of anilines is 1. The third kappa shape index (κ3) is 4.16. The van der Waals surface area contributed by atoms with Crippen LogP contribution in [0.5, 0.6) is 5.75 Å². The number of ether oxygens (including phenoxy) is 1. The highest BCUT2D eigenvalue weighted by molar-refractivity contribution is 6.30. The highest BCUT2D eigenvalue weighted by atomic mass is 35.5. The molecule has 2 heterocycles. The zero-order valence-corrected chi connectivity index (χ0v) is 14.6. The van der Waals surface area contributed by atoms with Crippen LogP contribution in [-0.2, 0) is 4.79 Å². The number of carbonyl (C=O) groups is 1. The summed E-state index contributed by atoms with van der Waals surface area (Å²) in [5, 5.41) is 7.52. The number of hydrogen-bond donors (Lipinski definition) is 1. The normalized spacial score (nSPS) is 11.8. The molecular weight excluding hydrogens is 340 g/mol. The average Bonchev–Trinajstić information content (AvgIpc) is 3.12. The molecule has 25 heavy (non-hydrogen) atoms. The quantitative estimate of drug-likeness (QED) is 0.757. The van der Waals surface area contributed by atoms with Crippen LogP contribution < -0.4 is 10.1 Å². The molecule has 1 amide bonds. The molecule has 0 aliphatic heterocycles. The van der Waals surface area contributed by atoms with Gasteiger partial charge in [0.05, 0.1) is 11.9 Å². The minimum atomic E-state index is -0.661. The lowest BCUT2D eigenvalue weighted by Gasteiger charge is -2.16. The predicted molar refractivity (Wildman–Crippen MR) is 96.3 cm³/mol. The van der Waals surface area contributed by atoms with Gasteiger partial charge < -0.3 is 10.1 Å². The number of nitrogens with one attached hydrogen (secondary N) is 1. The van der Waals surface area contributed by atoms with Crippen molar-refractivity contribution in [2.24, 2.45) is 0 Å². The zero-order chi connectivity index (χ0) is 17.8. The summed E-state index contributed by atoms with van der Waals surface area (Å²) >= 11 is 5.93. The Balaban J connectivity index is 1.63. The SMILES string of the molecule is Cc1cc(Cl)ccc1OC(C)C(=O)Nc1ccc(-n2cccn2)nc1. The second-order valence-electron chi connectivity index (χ2n) is 5.51. The van der Waals surface area contributed by atoms with Gasteiger partial charge in [-0.1, -0.05) is 11.6 Å². The molecule has 0 bridgehead atoms. The summed E-state index contributed by atoms with van der Waals surface area (Å²) < 4.78 is 7.35. The number of rotatable bonds is 5. The van der Waals surface area contributed by atoms with Crippen LogP contribution in [0.4, 0.5) is 5.69 Å². The van der Waals surface area contributed by atoms with Crippen molar-refractivity contribution in [1.82, 2.24) is 14.8 Å². The first-order valence-electron chi connectivity index (χ1n) is 7.72. The van der Waals surface area contributed by atoms with E-state index in [-0.39, 0.29) is 5.91 Å². The molecule has 1 unspecified atom stereocenters. The molecule has 0 radical (unpaired) electrons. The van der Waals surface area contributed by atoms with E-state index in [2.05, 4.69) is 15.4 Å². The predicted octanol–water partition coefficient (Wildman–Crippen LogP) is 3.64. The van der Waals surface area contributed by atoms with E-state index in [0.717, 1.165) is 5.56 Å². The zero-order valence-electron chi connectivity index (χ0n) is 13.8. The molecule has 3 aromatic rings. The summed E-state index contributed by atoms with van der Waals surface area (Å²) in [6, 6.07) is 10.6. The molecule has 0 saturated heterocycles. The van der Waals surface area contributed by atoms with Crippen LogP contribution in [0.1, 0.15) is 12.5 Å². The Labute approximate surface area is 150 Å². The average molecular weight is 357 g/mol. The smallest absolute Gasteiger partial charge is 0.265 e. The van der Waals surface area contributed by atoms with Gasteiger partial charge in [0, 0.05) is 17.4 Å². The maximum Gasteiger partial charge on any atom is 0.265 e. The number of amides is 1. The fraction of sp³-hybridized carbons (Fsp3) is 0.167. The van der Waals surface area contributed by atoms with Crippen molar-refractivity contribution >= 4 is 23.2 Å². The van der Waals surface area contributed by atoms with Crippen LogP contribution in [0, 0.1) is 6.92 Å². The van der Waals surface area contributed by atoms with E-state index in [0.29, 0.717) is 22.3 Å². The molecule has 1 N–H and O–H groups in total. The highest BCUT2D eigenvalue weighted by Crippen LogP contribution is 2.23. The lowest BCUT2D eigenvalue weighted by atomic mass is 10.2. The van der Waals surface area contributed by atoms with Gasteiger partial charge in [-0.15, -0.1) is 0 Å². The molecule has 0 aliphatic carbocycles. The number of nitrogens with zero attached hydrogens (tertiary/aromatic N) is 3. The summed E-state index contributed by atoms with van der Waals surface area (Å²) in [4.78, 5) is 16.6. The van der Waals surface area contributed by atoms with Gasteiger partial charge in [0.15, 0.2) is 11.9 Å². The Morgan fingerprint density at radius 1 is 1.32 bits per heavy atom. The molecule has 6 nitrogen and oxygen atoms in total. The third-order valence-corrected chi connectivity index (χ3v) is 3.80. The lowest BCUT2D eigenvalue weighted by molar-refractivity contribution is -0.122. The van der Waals surface area contributed by atoms with Gasteiger partial charge in [-0.3, -0.25) is 4.79 Å². The van der Waals surface area contributed by atoms with Crippen molar-refractivity contribution in [3.05, 3.63) is 65.6 Å². The number of aromatic nitrogens is 3. The lowest BCUT2D eigenvalue weighted by Crippen LogP contribution is -2.30. The van der Waals surface area contributed by atoms with E-state index in [1.165, 1.54) is 0 Å². The summed E-state index contributed by atoms with van der Waals surface area (Å²) in [6.45, 7) is 3.57. The Bertz CT molecular complexity index is 863. The fourth-order valence-corrected chi connectivity index (χ4v) is 2.46. The Morgan fingerprint density at radius 3 is 2.80 bits per heavy atom. The Hall–Kier alpha value is -2.86. The first-order chi connectivity index (χ1) is 12.0. The summed E-state index contributed by atoms with van der Waals surface area (Å²) in [7, 11) is 0. The van der Waals surface area contributed by atoms with E-state index in [4.69, 9.17) is 16.3 Å². The molecule has 7 heteroatoms. The van der Waals surface area contributed by atoms with Gasteiger partial charge in [0.25, 0.3) is 5.91 Å².